The minimum absolute atomic E-state index is 0.710. The molecule has 1 aromatic heterocycles. The number of benzene rings is 3. The van der Waals surface area contributed by atoms with Gasteiger partial charge in [-0.15, -0.1) is 0 Å². The summed E-state index contributed by atoms with van der Waals surface area (Å²) in [6.45, 7) is 0. The van der Waals surface area contributed by atoms with E-state index >= 15 is 0 Å². The molecule has 0 N–H and O–H groups in total. The van der Waals surface area contributed by atoms with Crippen molar-refractivity contribution in [3.05, 3.63) is 90.1 Å². The molecule has 128 valence electrons. The highest BCUT2D eigenvalue weighted by atomic mass is 35.5. The van der Waals surface area contributed by atoms with Crippen LogP contribution in [0.15, 0.2) is 85.1 Å². The number of hydrogen-bond acceptors (Lipinski definition) is 2. The predicted molar refractivity (Wildman–Crippen MR) is 106 cm³/mol. The van der Waals surface area contributed by atoms with Gasteiger partial charge in [0.15, 0.2) is 0 Å². The van der Waals surface area contributed by atoms with Crippen LogP contribution in [-0.4, -0.2) is 16.7 Å². The Bertz CT molecular complexity index is 1010. The average Bonchev–Trinajstić information content (AvgIpc) is 3.15. The zero-order chi connectivity index (χ0) is 17.9. The third-order valence-electron chi connectivity index (χ3n) is 4.23. The highest BCUT2D eigenvalue weighted by Gasteiger charge is 2.13. The minimum Gasteiger partial charge on any atom is -0.497 e. The third kappa shape index (κ3) is 3.22. The number of imidazole rings is 1. The highest BCUT2D eigenvalue weighted by Crippen LogP contribution is 2.29. The Morgan fingerprint density at radius 3 is 2.12 bits per heavy atom. The van der Waals surface area contributed by atoms with Crippen LogP contribution in [-0.2, 0) is 0 Å². The Morgan fingerprint density at radius 1 is 0.808 bits per heavy atom. The van der Waals surface area contributed by atoms with Crippen LogP contribution in [0.25, 0.3) is 28.3 Å². The van der Waals surface area contributed by atoms with E-state index in [1.807, 2.05) is 66.7 Å². The van der Waals surface area contributed by atoms with Gasteiger partial charge in [-0.05, 0) is 60.7 Å². The lowest BCUT2D eigenvalue weighted by Crippen LogP contribution is -1.95. The summed E-state index contributed by atoms with van der Waals surface area (Å²) in [7, 11) is 1.66. The quantitative estimate of drug-likeness (QED) is 0.455. The van der Waals surface area contributed by atoms with Crippen molar-refractivity contribution in [1.29, 1.82) is 0 Å². The molecule has 0 saturated heterocycles. The number of methoxy groups -OCH3 is 1. The van der Waals surface area contributed by atoms with Gasteiger partial charge >= 0.3 is 0 Å². The smallest absolute Gasteiger partial charge is 0.145 e. The first-order valence-electron chi connectivity index (χ1n) is 8.30. The topological polar surface area (TPSA) is 27.1 Å². The van der Waals surface area contributed by atoms with Gasteiger partial charge < -0.3 is 4.74 Å². The first kappa shape index (κ1) is 16.4. The standard InChI is InChI=1S/C22H17ClN2O/c1-26-20-13-9-16(10-14-20)21-15-25(19-5-3-2-4-6-19)22(24-21)17-7-11-18(23)12-8-17/h2-15H,1H3. The largest absolute Gasteiger partial charge is 0.497 e. The molecule has 3 aromatic carbocycles. The van der Waals surface area contributed by atoms with Crippen LogP contribution in [0.4, 0.5) is 0 Å². The van der Waals surface area contributed by atoms with Crippen molar-refractivity contribution in [2.75, 3.05) is 7.11 Å². The maximum atomic E-state index is 6.05. The summed E-state index contributed by atoms with van der Waals surface area (Å²) in [5.41, 5.74) is 4.01. The van der Waals surface area contributed by atoms with Gasteiger partial charge in [-0.2, -0.15) is 0 Å². The number of aromatic nitrogens is 2. The molecule has 0 atom stereocenters. The molecule has 0 amide bonds. The Labute approximate surface area is 157 Å². The molecule has 0 aliphatic heterocycles. The van der Waals surface area contributed by atoms with Crippen LogP contribution in [0.1, 0.15) is 0 Å². The number of halogens is 1. The van der Waals surface area contributed by atoms with E-state index in [4.69, 9.17) is 21.3 Å². The summed E-state index contributed by atoms with van der Waals surface area (Å²) in [6, 6.07) is 25.8. The van der Waals surface area contributed by atoms with Crippen LogP contribution in [0, 0.1) is 0 Å². The predicted octanol–water partition coefficient (Wildman–Crippen LogP) is 5.87. The fraction of sp³-hybridized carbons (Fsp3) is 0.0455. The summed E-state index contributed by atoms with van der Waals surface area (Å²) >= 11 is 6.05. The molecule has 4 heteroatoms. The van der Waals surface area contributed by atoms with Crippen LogP contribution in [0.2, 0.25) is 5.02 Å². The summed E-state index contributed by atoms with van der Waals surface area (Å²) in [5.74, 6) is 1.70. The summed E-state index contributed by atoms with van der Waals surface area (Å²) in [5, 5.41) is 0.710. The zero-order valence-electron chi connectivity index (χ0n) is 14.3. The van der Waals surface area contributed by atoms with E-state index in [-0.39, 0.29) is 0 Å². The van der Waals surface area contributed by atoms with Gasteiger partial charge in [-0.3, -0.25) is 4.57 Å². The molecule has 0 fully saturated rings. The van der Waals surface area contributed by atoms with E-state index in [2.05, 4.69) is 22.9 Å². The van der Waals surface area contributed by atoms with Crippen LogP contribution >= 0.6 is 11.6 Å². The number of rotatable bonds is 4. The number of hydrogen-bond donors (Lipinski definition) is 0. The normalized spacial score (nSPS) is 10.7. The van der Waals surface area contributed by atoms with Crippen molar-refractivity contribution in [2.45, 2.75) is 0 Å². The number of para-hydroxylation sites is 1. The molecule has 0 aliphatic carbocycles. The second-order valence-corrected chi connectivity index (χ2v) is 6.33. The van der Waals surface area contributed by atoms with Crippen LogP contribution < -0.4 is 4.74 Å². The van der Waals surface area contributed by atoms with Gasteiger partial charge in [0.2, 0.25) is 0 Å². The molecule has 0 radical (unpaired) electrons. The maximum Gasteiger partial charge on any atom is 0.145 e. The van der Waals surface area contributed by atoms with Gasteiger partial charge in [0.05, 0.1) is 12.8 Å². The fourth-order valence-corrected chi connectivity index (χ4v) is 3.00. The molecule has 0 saturated carbocycles. The SMILES string of the molecule is COc1ccc(-c2cn(-c3ccccc3)c(-c3ccc(Cl)cc3)n2)cc1. The van der Waals surface area contributed by atoms with Gasteiger partial charge in [-0.25, -0.2) is 4.98 Å². The Morgan fingerprint density at radius 2 is 1.46 bits per heavy atom. The first-order valence-corrected chi connectivity index (χ1v) is 8.67. The molecule has 0 bridgehead atoms. The molecular formula is C22H17ClN2O. The van der Waals surface area contributed by atoms with E-state index in [0.717, 1.165) is 34.1 Å². The van der Waals surface area contributed by atoms with Crippen molar-refractivity contribution in [3.8, 4) is 34.1 Å². The van der Waals surface area contributed by atoms with E-state index in [1.165, 1.54) is 0 Å². The minimum atomic E-state index is 0.710. The van der Waals surface area contributed by atoms with Crippen molar-refractivity contribution in [1.82, 2.24) is 9.55 Å². The fourth-order valence-electron chi connectivity index (χ4n) is 2.87. The van der Waals surface area contributed by atoms with E-state index in [1.54, 1.807) is 7.11 Å². The van der Waals surface area contributed by atoms with Crippen LogP contribution in [0.3, 0.4) is 0 Å². The van der Waals surface area contributed by atoms with Gasteiger partial charge in [0.1, 0.15) is 11.6 Å². The van der Waals surface area contributed by atoms with Gasteiger partial charge in [0, 0.05) is 28.0 Å². The molecule has 0 spiro atoms. The lowest BCUT2D eigenvalue weighted by atomic mass is 10.1. The molecule has 0 unspecified atom stereocenters. The molecular weight excluding hydrogens is 344 g/mol. The second-order valence-electron chi connectivity index (χ2n) is 5.89. The Balaban J connectivity index is 1.85. The zero-order valence-corrected chi connectivity index (χ0v) is 15.0. The van der Waals surface area contributed by atoms with Crippen molar-refractivity contribution < 1.29 is 4.74 Å². The Hall–Kier alpha value is -3.04. The molecule has 4 aromatic rings. The monoisotopic (exact) mass is 360 g/mol. The van der Waals surface area contributed by atoms with E-state index in [9.17, 15) is 0 Å². The third-order valence-corrected chi connectivity index (χ3v) is 4.48. The molecule has 0 aliphatic rings. The lowest BCUT2D eigenvalue weighted by molar-refractivity contribution is 0.415. The second kappa shape index (κ2) is 7.06. The number of nitrogens with zero attached hydrogens (tertiary/aromatic N) is 2. The average molecular weight is 361 g/mol. The first-order chi connectivity index (χ1) is 12.7. The van der Waals surface area contributed by atoms with Gasteiger partial charge in [0.25, 0.3) is 0 Å². The van der Waals surface area contributed by atoms with E-state index < -0.39 is 0 Å². The maximum absolute atomic E-state index is 6.05. The molecule has 26 heavy (non-hydrogen) atoms. The molecule has 1 heterocycles. The molecule has 4 rings (SSSR count). The lowest BCUT2D eigenvalue weighted by Gasteiger charge is -2.07. The van der Waals surface area contributed by atoms with Crippen molar-refractivity contribution in [3.63, 3.8) is 0 Å². The van der Waals surface area contributed by atoms with Gasteiger partial charge in [-0.1, -0.05) is 29.8 Å². The highest BCUT2D eigenvalue weighted by molar-refractivity contribution is 6.30. The summed E-state index contributed by atoms with van der Waals surface area (Å²) in [4.78, 5) is 4.89. The Kier molecular flexibility index (Phi) is 4.46. The summed E-state index contributed by atoms with van der Waals surface area (Å²) < 4.78 is 7.35. The molecule has 3 nitrogen and oxygen atoms in total. The van der Waals surface area contributed by atoms with E-state index in [0.29, 0.717) is 5.02 Å². The van der Waals surface area contributed by atoms with Crippen LogP contribution in [0.5, 0.6) is 5.75 Å². The van der Waals surface area contributed by atoms with Crippen molar-refractivity contribution in [2.24, 2.45) is 0 Å². The number of ether oxygens (including phenoxy) is 1. The van der Waals surface area contributed by atoms with Crippen molar-refractivity contribution >= 4 is 11.6 Å². The summed E-state index contributed by atoms with van der Waals surface area (Å²) in [6.07, 6.45) is 2.06.